The second-order valence-electron chi connectivity index (χ2n) is 8.96. The summed E-state index contributed by atoms with van der Waals surface area (Å²) in [5, 5.41) is 19.2. The van der Waals surface area contributed by atoms with Crippen molar-refractivity contribution in [3.63, 3.8) is 0 Å². The number of methoxy groups -OCH3 is 1. The highest BCUT2D eigenvalue weighted by Gasteiger charge is 2.35. The van der Waals surface area contributed by atoms with E-state index in [1.54, 1.807) is 48.0 Å². The second kappa shape index (κ2) is 12.4. The van der Waals surface area contributed by atoms with Gasteiger partial charge in [-0.1, -0.05) is 46.5 Å². The minimum atomic E-state index is -0.689. The van der Waals surface area contributed by atoms with E-state index >= 15 is 0 Å². The number of halogens is 3. The van der Waals surface area contributed by atoms with Crippen molar-refractivity contribution in [2.45, 2.75) is 26.5 Å². The molecule has 4 aromatic rings. The quantitative estimate of drug-likeness (QED) is 0.205. The van der Waals surface area contributed by atoms with Gasteiger partial charge >= 0.3 is 0 Å². The first kappa shape index (κ1) is 28.7. The number of nitrogens with one attached hydrogen (secondary N) is 2. The minimum Gasteiger partial charge on any atom is -0.493 e. The first-order valence-electron chi connectivity index (χ1n) is 12.5. The molecule has 3 aromatic carbocycles. The molecule has 212 valence electrons. The van der Waals surface area contributed by atoms with Gasteiger partial charge in [0, 0.05) is 21.3 Å². The van der Waals surface area contributed by atoms with Crippen LogP contribution in [0.4, 0.5) is 11.6 Å². The Bertz CT molecular complexity index is 1640. The Morgan fingerprint density at radius 3 is 2.68 bits per heavy atom. The molecule has 41 heavy (non-hydrogen) atoms. The summed E-state index contributed by atoms with van der Waals surface area (Å²) >= 11 is 16.0. The van der Waals surface area contributed by atoms with E-state index in [4.69, 9.17) is 37.4 Å². The number of anilines is 2. The number of allylic oxidation sites excluding steroid dienone is 1. The molecule has 1 amide bonds. The van der Waals surface area contributed by atoms with Gasteiger partial charge in [0.05, 0.1) is 29.4 Å². The lowest BCUT2D eigenvalue weighted by Crippen LogP contribution is -2.31. The van der Waals surface area contributed by atoms with E-state index in [0.717, 1.165) is 5.56 Å². The Morgan fingerprint density at radius 2 is 1.93 bits per heavy atom. The van der Waals surface area contributed by atoms with Crippen LogP contribution in [-0.4, -0.2) is 39.8 Å². The number of tetrazole rings is 1. The topological polar surface area (TPSA) is 112 Å². The number of aromatic nitrogens is 4. The fraction of sp³-hybridized carbons (Fsp3) is 0.214. The van der Waals surface area contributed by atoms with Gasteiger partial charge in [-0.05, 0) is 82.2 Å². The molecule has 1 atom stereocenters. The lowest BCUT2D eigenvalue weighted by Gasteiger charge is -2.29. The largest absolute Gasteiger partial charge is 0.493 e. The van der Waals surface area contributed by atoms with E-state index in [1.165, 1.54) is 7.11 Å². The summed E-state index contributed by atoms with van der Waals surface area (Å²) in [6.45, 7) is 4.32. The molecule has 0 bridgehead atoms. The Morgan fingerprint density at radius 1 is 1.12 bits per heavy atom. The smallest absolute Gasteiger partial charge is 0.255 e. The van der Waals surface area contributed by atoms with E-state index in [0.29, 0.717) is 66.8 Å². The SMILES string of the molecule is CCOc1ccccc1NC(=O)C1=C(C)Nc2nnnn2C1c1cc(Br)c(OCc2ccc(Cl)cc2Cl)c(OC)c1. The van der Waals surface area contributed by atoms with Gasteiger partial charge in [0.1, 0.15) is 18.4 Å². The third-order valence-corrected chi connectivity index (χ3v) is 7.52. The van der Waals surface area contributed by atoms with Gasteiger partial charge in [0.15, 0.2) is 11.5 Å². The molecule has 0 saturated carbocycles. The van der Waals surface area contributed by atoms with Crippen molar-refractivity contribution in [2.24, 2.45) is 0 Å². The summed E-state index contributed by atoms with van der Waals surface area (Å²) in [5.41, 5.74) is 2.99. The van der Waals surface area contributed by atoms with E-state index < -0.39 is 6.04 Å². The van der Waals surface area contributed by atoms with Gasteiger partial charge in [-0.2, -0.15) is 4.68 Å². The monoisotopic (exact) mass is 658 g/mol. The lowest BCUT2D eigenvalue weighted by molar-refractivity contribution is -0.113. The van der Waals surface area contributed by atoms with Gasteiger partial charge in [0.2, 0.25) is 5.95 Å². The minimum absolute atomic E-state index is 0.181. The molecule has 0 spiro atoms. The molecule has 1 aliphatic heterocycles. The van der Waals surface area contributed by atoms with Gasteiger partial charge in [0.25, 0.3) is 5.91 Å². The summed E-state index contributed by atoms with van der Waals surface area (Å²) in [5.74, 6) is 1.52. The molecule has 1 unspecified atom stereocenters. The van der Waals surface area contributed by atoms with Crippen molar-refractivity contribution in [3.05, 3.63) is 91.5 Å². The number of rotatable bonds is 9. The number of fused-ring (bicyclic) bond motifs is 1. The van der Waals surface area contributed by atoms with Crippen molar-refractivity contribution in [1.29, 1.82) is 0 Å². The maximum absolute atomic E-state index is 13.8. The van der Waals surface area contributed by atoms with Crippen molar-refractivity contribution < 1.29 is 19.0 Å². The zero-order chi connectivity index (χ0) is 29.1. The van der Waals surface area contributed by atoms with Crippen LogP contribution >= 0.6 is 39.1 Å². The van der Waals surface area contributed by atoms with Gasteiger partial charge < -0.3 is 24.8 Å². The summed E-state index contributed by atoms with van der Waals surface area (Å²) in [6.07, 6.45) is 0. The van der Waals surface area contributed by atoms with E-state index in [2.05, 4.69) is 42.1 Å². The average molecular weight is 660 g/mol. The van der Waals surface area contributed by atoms with Crippen molar-refractivity contribution in [3.8, 4) is 17.2 Å². The number of carbonyl (C=O) groups is 1. The van der Waals surface area contributed by atoms with Gasteiger partial charge in [-0.15, -0.1) is 0 Å². The van der Waals surface area contributed by atoms with Crippen LogP contribution in [0.2, 0.25) is 10.0 Å². The van der Waals surface area contributed by atoms with Crippen molar-refractivity contribution in [1.82, 2.24) is 20.2 Å². The highest BCUT2D eigenvalue weighted by atomic mass is 79.9. The average Bonchev–Trinajstić information content (AvgIpc) is 3.41. The molecular weight excluding hydrogens is 635 g/mol. The molecule has 0 fully saturated rings. The maximum atomic E-state index is 13.8. The number of para-hydroxylation sites is 2. The number of nitrogens with zero attached hydrogens (tertiary/aromatic N) is 4. The lowest BCUT2D eigenvalue weighted by atomic mass is 9.94. The molecule has 13 heteroatoms. The molecule has 2 heterocycles. The fourth-order valence-electron chi connectivity index (χ4n) is 4.48. The summed E-state index contributed by atoms with van der Waals surface area (Å²) in [6, 6.07) is 15.4. The Balaban J connectivity index is 1.51. The molecule has 1 aliphatic rings. The summed E-state index contributed by atoms with van der Waals surface area (Å²) in [4.78, 5) is 13.8. The first-order chi connectivity index (χ1) is 19.8. The second-order valence-corrected chi connectivity index (χ2v) is 10.7. The normalized spacial score (nSPS) is 14.2. The van der Waals surface area contributed by atoms with E-state index in [-0.39, 0.29) is 12.5 Å². The van der Waals surface area contributed by atoms with Crippen LogP contribution in [0, 0.1) is 0 Å². The molecule has 0 saturated heterocycles. The van der Waals surface area contributed by atoms with Crippen LogP contribution in [0.25, 0.3) is 0 Å². The number of hydrogen-bond donors (Lipinski definition) is 2. The van der Waals surface area contributed by atoms with Crippen molar-refractivity contribution in [2.75, 3.05) is 24.4 Å². The molecule has 5 rings (SSSR count). The number of ether oxygens (including phenoxy) is 3. The molecule has 0 radical (unpaired) electrons. The molecule has 0 aliphatic carbocycles. The highest BCUT2D eigenvalue weighted by molar-refractivity contribution is 9.10. The van der Waals surface area contributed by atoms with Crippen LogP contribution in [-0.2, 0) is 11.4 Å². The highest BCUT2D eigenvalue weighted by Crippen LogP contribution is 2.43. The van der Waals surface area contributed by atoms with Crippen LogP contribution < -0.4 is 24.8 Å². The predicted octanol–water partition coefficient (Wildman–Crippen LogP) is 6.66. The number of hydrogen-bond acceptors (Lipinski definition) is 8. The Hall–Kier alpha value is -3.80. The standard InChI is InChI=1S/C28H25BrCl2N6O4/c1-4-40-22-8-6-5-7-21(22)33-27(38)24-15(2)32-28-34-35-36-37(28)25(24)17-11-19(29)26(23(12-17)39-3)41-14-16-9-10-18(30)13-20(16)31/h5-13,25H,4,14H2,1-3H3,(H,33,38)(H,32,34,36). The van der Waals surface area contributed by atoms with Gasteiger partial charge in [-0.3, -0.25) is 4.79 Å². The maximum Gasteiger partial charge on any atom is 0.255 e. The Labute approximate surface area is 254 Å². The molecule has 10 nitrogen and oxygen atoms in total. The summed E-state index contributed by atoms with van der Waals surface area (Å²) < 4.78 is 19.7. The number of amides is 1. The van der Waals surface area contributed by atoms with Crippen LogP contribution in [0.1, 0.15) is 31.0 Å². The fourth-order valence-corrected chi connectivity index (χ4v) is 5.52. The predicted molar refractivity (Wildman–Crippen MR) is 160 cm³/mol. The third kappa shape index (κ3) is 5.97. The number of carbonyl (C=O) groups excluding carboxylic acids is 1. The van der Waals surface area contributed by atoms with Gasteiger partial charge in [-0.25, -0.2) is 0 Å². The zero-order valence-electron chi connectivity index (χ0n) is 22.2. The van der Waals surface area contributed by atoms with E-state index in [9.17, 15) is 4.79 Å². The van der Waals surface area contributed by atoms with Crippen molar-refractivity contribution >= 4 is 56.7 Å². The molecule has 2 N–H and O–H groups in total. The van der Waals surface area contributed by atoms with E-state index in [1.807, 2.05) is 25.1 Å². The third-order valence-electron chi connectivity index (χ3n) is 6.35. The van der Waals surface area contributed by atoms with Crippen LogP contribution in [0.3, 0.4) is 0 Å². The first-order valence-corrected chi connectivity index (χ1v) is 14.1. The Kier molecular flexibility index (Phi) is 8.67. The van der Waals surface area contributed by atoms with Crippen LogP contribution in [0.15, 0.2) is 70.3 Å². The molecule has 1 aromatic heterocycles. The summed E-state index contributed by atoms with van der Waals surface area (Å²) in [7, 11) is 1.54. The zero-order valence-corrected chi connectivity index (χ0v) is 25.3. The number of benzene rings is 3. The molecular formula is C28H25BrCl2N6O4. The van der Waals surface area contributed by atoms with Crippen LogP contribution in [0.5, 0.6) is 17.2 Å².